The number of amides is 1. The molecule has 0 spiro atoms. The summed E-state index contributed by atoms with van der Waals surface area (Å²) in [5, 5.41) is 12.4. The molecule has 0 aromatic carbocycles. The van der Waals surface area contributed by atoms with Crippen molar-refractivity contribution in [3.63, 3.8) is 0 Å². The minimum absolute atomic E-state index is 0.0964. The molecule has 4 nitrogen and oxygen atoms in total. The van der Waals surface area contributed by atoms with E-state index in [9.17, 15) is 14.7 Å². The van der Waals surface area contributed by atoms with Gasteiger partial charge in [0.15, 0.2) is 0 Å². The second-order valence-electron chi connectivity index (χ2n) is 5.60. The molecule has 0 saturated heterocycles. The third-order valence-electron chi connectivity index (χ3n) is 3.84. The Bertz CT molecular complexity index is 312. The van der Waals surface area contributed by atoms with Crippen LogP contribution in [0.1, 0.15) is 51.9 Å². The first-order valence-electron chi connectivity index (χ1n) is 7.02. The monoisotopic (exact) mass is 287 g/mol. The van der Waals surface area contributed by atoms with Gasteiger partial charge in [-0.25, -0.2) is 0 Å². The second-order valence-corrected chi connectivity index (χ2v) is 6.51. The van der Waals surface area contributed by atoms with Gasteiger partial charge in [-0.05, 0) is 26.0 Å². The summed E-state index contributed by atoms with van der Waals surface area (Å²) in [5.74, 6) is -0.0702. The smallest absolute Gasteiger partial charge is 0.310 e. The van der Waals surface area contributed by atoms with Gasteiger partial charge in [-0.1, -0.05) is 25.7 Å². The van der Waals surface area contributed by atoms with Crippen LogP contribution in [-0.4, -0.2) is 35.0 Å². The number of rotatable bonds is 6. The Morgan fingerprint density at radius 1 is 1.26 bits per heavy atom. The Morgan fingerprint density at radius 2 is 1.84 bits per heavy atom. The van der Waals surface area contributed by atoms with E-state index in [0.717, 1.165) is 31.4 Å². The molecule has 2 N–H and O–H groups in total. The van der Waals surface area contributed by atoms with E-state index in [1.807, 2.05) is 13.2 Å². The molecule has 1 unspecified atom stereocenters. The van der Waals surface area contributed by atoms with Gasteiger partial charge < -0.3 is 10.4 Å². The van der Waals surface area contributed by atoms with Crippen molar-refractivity contribution in [3.05, 3.63) is 0 Å². The van der Waals surface area contributed by atoms with E-state index in [1.165, 1.54) is 0 Å². The van der Waals surface area contributed by atoms with Crippen LogP contribution >= 0.6 is 11.8 Å². The van der Waals surface area contributed by atoms with E-state index in [-0.39, 0.29) is 18.4 Å². The number of hydrogen-bond donors (Lipinski definition) is 2. The van der Waals surface area contributed by atoms with E-state index in [4.69, 9.17) is 0 Å². The standard InChI is InChI=1S/C14H25NO3S/c1-11(10-19-2)15-12(16)9-14(13(17)18)7-5-3-4-6-8-14/h11H,3-10H2,1-2H3,(H,15,16)(H,17,18). The topological polar surface area (TPSA) is 66.4 Å². The van der Waals surface area contributed by atoms with Gasteiger partial charge in [0.05, 0.1) is 5.41 Å². The van der Waals surface area contributed by atoms with Gasteiger partial charge in [0, 0.05) is 18.2 Å². The van der Waals surface area contributed by atoms with Gasteiger partial charge in [0.1, 0.15) is 0 Å². The number of hydrogen-bond acceptors (Lipinski definition) is 3. The molecule has 19 heavy (non-hydrogen) atoms. The highest BCUT2D eigenvalue weighted by Crippen LogP contribution is 2.38. The number of aliphatic carboxylic acids is 1. The first-order chi connectivity index (χ1) is 9.00. The maximum absolute atomic E-state index is 12.0. The summed E-state index contributed by atoms with van der Waals surface area (Å²) in [7, 11) is 0. The van der Waals surface area contributed by atoms with Crippen molar-refractivity contribution in [2.75, 3.05) is 12.0 Å². The number of carbonyl (C=O) groups is 2. The molecule has 0 aromatic rings. The van der Waals surface area contributed by atoms with E-state index >= 15 is 0 Å². The Labute approximate surface area is 119 Å². The molecule has 1 aliphatic rings. The highest BCUT2D eigenvalue weighted by Gasteiger charge is 2.40. The molecule has 110 valence electrons. The van der Waals surface area contributed by atoms with Crippen molar-refractivity contribution in [3.8, 4) is 0 Å². The van der Waals surface area contributed by atoms with Gasteiger partial charge in [-0.3, -0.25) is 9.59 Å². The van der Waals surface area contributed by atoms with E-state index in [0.29, 0.717) is 12.8 Å². The first kappa shape index (κ1) is 16.3. The summed E-state index contributed by atoms with van der Waals surface area (Å²) in [6, 6.07) is 0.0964. The zero-order valence-electron chi connectivity index (χ0n) is 11.9. The van der Waals surface area contributed by atoms with Crippen LogP contribution in [0, 0.1) is 5.41 Å². The maximum atomic E-state index is 12.0. The van der Waals surface area contributed by atoms with Crippen LogP contribution in [0.4, 0.5) is 0 Å². The lowest BCUT2D eigenvalue weighted by atomic mass is 9.77. The van der Waals surface area contributed by atoms with Crippen molar-refractivity contribution in [2.24, 2.45) is 5.41 Å². The number of thioether (sulfide) groups is 1. The van der Waals surface area contributed by atoms with Crippen molar-refractivity contribution >= 4 is 23.6 Å². The van der Waals surface area contributed by atoms with E-state index in [1.54, 1.807) is 11.8 Å². The molecule has 0 aliphatic heterocycles. The molecule has 0 heterocycles. The summed E-state index contributed by atoms with van der Waals surface area (Å²) < 4.78 is 0. The maximum Gasteiger partial charge on any atom is 0.310 e. The number of carboxylic acids is 1. The molecule has 1 fully saturated rings. The molecule has 1 aliphatic carbocycles. The molecular formula is C14H25NO3S. The van der Waals surface area contributed by atoms with Crippen LogP contribution in [0.25, 0.3) is 0 Å². The van der Waals surface area contributed by atoms with Crippen LogP contribution < -0.4 is 5.32 Å². The highest BCUT2D eigenvalue weighted by molar-refractivity contribution is 7.98. The molecule has 1 rings (SSSR count). The highest BCUT2D eigenvalue weighted by atomic mass is 32.2. The predicted molar refractivity (Wildman–Crippen MR) is 78.4 cm³/mol. The van der Waals surface area contributed by atoms with Crippen LogP contribution in [0.15, 0.2) is 0 Å². The van der Waals surface area contributed by atoms with Crippen molar-refractivity contribution in [1.29, 1.82) is 0 Å². The third kappa shape index (κ3) is 5.05. The summed E-state index contributed by atoms with van der Waals surface area (Å²) in [4.78, 5) is 23.6. The lowest BCUT2D eigenvalue weighted by molar-refractivity contribution is -0.153. The van der Waals surface area contributed by atoms with Gasteiger partial charge in [-0.15, -0.1) is 0 Å². The zero-order chi connectivity index (χ0) is 14.3. The molecule has 0 bridgehead atoms. The average molecular weight is 287 g/mol. The molecule has 5 heteroatoms. The average Bonchev–Trinajstić information content (AvgIpc) is 2.55. The van der Waals surface area contributed by atoms with Crippen molar-refractivity contribution in [1.82, 2.24) is 5.32 Å². The fourth-order valence-corrected chi connectivity index (χ4v) is 3.38. The van der Waals surface area contributed by atoms with Crippen LogP contribution in [0.2, 0.25) is 0 Å². The van der Waals surface area contributed by atoms with E-state index < -0.39 is 11.4 Å². The second kappa shape index (κ2) is 7.78. The fourth-order valence-electron chi connectivity index (χ4n) is 2.80. The Kier molecular flexibility index (Phi) is 6.69. The fraction of sp³-hybridized carbons (Fsp3) is 0.857. The van der Waals surface area contributed by atoms with Crippen LogP contribution in [0.5, 0.6) is 0 Å². The lowest BCUT2D eigenvalue weighted by Crippen LogP contribution is -2.41. The molecule has 1 saturated carbocycles. The zero-order valence-corrected chi connectivity index (χ0v) is 12.7. The summed E-state index contributed by atoms with van der Waals surface area (Å²) in [6.07, 6.45) is 7.38. The Hall–Kier alpha value is -0.710. The number of nitrogens with one attached hydrogen (secondary N) is 1. The molecular weight excluding hydrogens is 262 g/mol. The van der Waals surface area contributed by atoms with Gasteiger partial charge in [-0.2, -0.15) is 11.8 Å². The largest absolute Gasteiger partial charge is 0.481 e. The van der Waals surface area contributed by atoms with Gasteiger partial charge in [0.25, 0.3) is 0 Å². The normalized spacial score (nSPS) is 20.3. The minimum Gasteiger partial charge on any atom is -0.481 e. The third-order valence-corrected chi connectivity index (χ3v) is 4.67. The van der Waals surface area contributed by atoms with Crippen molar-refractivity contribution in [2.45, 2.75) is 57.9 Å². The SMILES string of the molecule is CSCC(C)NC(=O)CC1(C(=O)O)CCCCCC1. The van der Waals surface area contributed by atoms with Gasteiger partial charge >= 0.3 is 5.97 Å². The van der Waals surface area contributed by atoms with Crippen LogP contribution in [0.3, 0.4) is 0 Å². The van der Waals surface area contributed by atoms with Crippen LogP contribution in [-0.2, 0) is 9.59 Å². The number of carbonyl (C=O) groups excluding carboxylic acids is 1. The van der Waals surface area contributed by atoms with E-state index in [2.05, 4.69) is 5.32 Å². The summed E-state index contributed by atoms with van der Waals surface area (Å²) in [5.41, 5.74) is -0.834. The Morgan fingerprint density at radius 3 is 2.32 bits per heavy atom. The summed E-state index contributed by atoms with van der Waals surface area (Å²) in [6.45, 7) is 1.95. The van der Waals surface area contributed by atoms with Crippen molar-refractivity contribution < 1.29 is 14.7 Å². The quantitative estimate of drug-likeness (QED) is 0.737. The summed E-state index contributed by atoms with van der Waals surface area (Å²) >= 11 is 1.68. The lowest BCUT2D eigenvalue weighted by Gasteiger charge is -2.28. The number of carboxylic acid groups (broad SMARTS) is 1. The molecule has 0 aromatic heterocycles. The minimum atomic E-state index is -0.834. The molecule has 1 amide bonds. The predicted octanol–water partition coefficient (Wildman–Crippen LogP) is 2.67. The molecule has 0 radical (unpaired) electrons. The Balaban J connectivity index is 2.62. The van der Waals surface area contributed by atoms with Gasteiger partial charge in [0.2, 0.25) is 5.91 Å². The molecule has 1 atom stereocenters. The first-order valence-corrected chi connectivity index (χ1v) is 8.41.